The topological polar surface area (TPSA) is 49.4 Å². The van der Waals surface area contributed by atoms with E-state index in [0.29, 0.717) is 15.8 Å². The van der Waals surface area contributed by atoms with E-state index in [9.17, 15) is 14.0 Å². The molecular weight excluding hydrogens is 458 g/mol. The van der Waals surface area contributed by atoms with Crippen LogP contribution in [-0.4, -0.2) is 34.6 Å². The van der Waals surface area contributed by atoms with Crippen LogP contribution in [0.25, 0.3) is 0 Å². The van der Waals surface area contributed by atoms with E-state index >= 15 is 0 Å². The molecule has 1 N–H and O–H groups in total. The molecule has 0 saturated carbocycles. The number of amides is 2. The number of carbonyl (C=O) groups excluding carboxylic acids is 2. The molecule has 0 bridgehead atoms. The summed E-state index contributed by atoms with van der Waals surface area (Å²) >= 11 is 13.5. The summed E-state index contributed by atoms with van der Waals surface area (Å²) in [6.45, 7) is 5.87. The second-order valence-electron chi connectivity index (χ2n) is 7.38. The van der Waals surface area contributed by atoms with Crippen LogP contribution in [0.4, 0.5) is 4.39 Å². The predicted molar refractivity (Wildman–Crippen MR) is 127 cm³/mol. The van der Waals surface area contributed by atoms with Crippen LogP contribution in [0, 0.1) is 5.82 Å². The van der Waals surface area contributed by atoms with Crippen molar-refractivity contribution in [2.24, 2.45) is 0 Å². The van der Waals surface area contributed by atoms with Crippen molar-refractivity contribution < 1.29 is 14.0 Å². The lowest BCUT2D eigenvalue weighted by Gasteiger charge is -2.29. The van der Waals surface area contributed by atoms with Crippen molar-refractivity contribution in [3.05, 3.63) is 69.5 Å². The van der Waals surface area contributed by atoms with Crippen LogP contribution in [0.3, 0.4) is 0 Å². The van der Waals surface area contributed by atoms with E-state index in [1.807, 2.05) is 13.8 Å². The summed E-state index contributed by atoms with van der Waals surface area (Å²) in [7, 11) is 0. The average Bonchev–Trinajstić information content (AvgIpc) is 2.75. The molecule has 2 rings (SSSR count). The van der Waals surface area contributed by atoms with Crippen LogP contribution >= 0.6 is 35.0 Å². The molecule has 2 aromatic carbocycles. The molecule has 0 spiro atoms. The van der Waals surface area contributed by atoms with Crippen LogP contribution in [0.5, 0.6) is 0 Å². The number of halogens is 3. The third-order valence-electron chi connectivity index (χ3n) is 4.91. The highest BCUT2D eigenvalue weighted by molar-refractivity contribution is 7.99. The lowest BCUT2D eigenvalue weighted by molar-refractivity contribution is -0.138. The first-order valence-corrected chi connectivity index (χ1v) is 12.0. The van der Waals surface area contributed by atoms with Gasteiger partial charge in [-0.2, -0.15) is 0 Å². The van der Waals surface area contributed by atoms with E-state index in [4.69, 9.17) is 23.2 Å². The Kier molecular flexibility index (Phi) is 10.1. The Labute approximate surface area is 197 Å². The maximum Gasteiger partial charge on any atom is 0.242 e. The molecule has 168 valence electrons. The molecule has 0 aliphatic rings. The van der Waals surface area contributed by atoms with E-state index < -0.39 is 6.04 Å². The van der Waals surface area contributed by atoms with E-state index in [1.165, 1.54) is 23.9 Å². The highest BCUT2D eigenvalue weighted by atomic mass is 35.5. The van der Waals surface area contributed by atoms with Crippen molar-refractivity contribution in [3.8, 4) is 0 Å². The SMILES string of the molecule is CC[C@H](C)NC(=O)[C@@H](C)N(Cc1ccc(Cl)c(Cl)c1)C(=O)CSCc1ccc(F)cc1. The van der Waals surface area contributed by atoms with Gasteiger partial charge in [0.1, 0.15) is 11.9 Å². The highest BCUT2D eigenvalue weighted by Crippen LogP contribution is 2.24. The largest absolute Gasteiger partial charge is 0.352 e. The fourth-order valence-electron chi connectivity index (χ4n) is 2.80. The normalized spacial score (nSPS) is 12.8. The number of carbonyl (C=O) groups is 2. The zero-order chi connectivity index (χ0) is 23.0. The van der Waals surface area contributed by atoms with E-state index in [0.717, 1.165) is 17.5 Å². The minimum Gasteiger partial charge on any atom is -0.352 e. The molecule has 2 amide bonds. The van der Waals surface area contributed by atoms with Gasteiger partial charge in [-0.25, -0.2) is 4.39 Å². The monoisotopic (exact) mass is 484 g/mol. The van der Waals surface area contributed by atoms with E-state index in [-0.39, 0.29) is 36.0 Å². The van der Waals surface area contributed by atoms with Gasteiger partial charge in [-0.1, -0.05) is 48.3 Å². The molecule has 2 atom stereocenters. The minimum atomic E-state index is -0.651. The summed E-state index contributed by atoms with van der Waals surface area (Å²) in [6, 6.07) is 10.7. The minimum absolute atomic E-state index is 0.0183. The molecule has 0 aromatic heterocycles. The van der Waals surface area contributed by atoms with Crippen LogP contribution in [0.1, 0.15) is 38.3 Å². The maximum atomic E-state index is 13.1. The molecule has 0 aliphatic carbocycles. The number of nitrogens with zero attached hydrogens (tertiary/aromatic N) is 1. The third-order valence-corrected chi connectivity index (χ3v) is 6.64. The summed E-state index contributed by atoms with van der Waals surface area (Å²) < 4.78 is 13.1. The van der Waals surface area contributed by atoms with Crippen molar-refractivity contribution >= 4 is 46.8 Å². The fraction of sp³-hybridized carbons (Fsp3) is 0.391. The number of nitrogens with one attached hydrogen (secondary N) is 1. The Morgan fingerprint density at radius 3 is 2.32 bits per heavy atom. The molecular formula is C23H27Cl2FN2O2S. The Bertz CT molecular complexity index is 896. The van der Waals surface area contributed by atoms with Gasteiger partial charge in [0.25, 0.3) is 0 Å². The summed E-state index contributed by atoms with van der Waals surface area (Å²) in [5.41, 5.74) is 1.72. The van der Waals surface area contributed by atoms with Gasteiger partial charge in [-0.3, -0.25) is 9.59 Å². The van der Waals surface area contributed by atoms with Gasteiger partial charge in [-0.15, -0.1) is 11.8 Å². The summed E-state index contributed by atoms with van der Waals surface area (Å²) in [6.07, 6.45) is 0.798. The standard InChI is InChI=1S/C23H27Cl2FN2O2S/c1-4-15(2)27-23(30)16(3)28(12-18-7-10-20(24)21(25)11-18)22(29)14-31-13-17-5-8-19(26)9-6-17/h5-11,15-16H,4,12-14H2,1-3H3,(H,27,30)/t15-,16+/m0/s1. The third kappa shape index (κ3) is 8.02. The van der Waals surface area contributed by atoms with Crippen molar-refractivity contribution in [2.75, 3.05) is 5.75 Å². The molecule has 0 radical (unpaired) electrons. The van der Waals surface area contributed by atoms with Gasteiger partial charge in [-0.05, 0) is 55.7 Å². The summed E-state index contributed by atoms with van der Waals surface area (Å²) in [4.78, 5) is 27.3. The Morgan fingerprint density at radius 2 is 1.71 bits per heavy atom. The number of rotatable bonds is 10. The zero-order valence-electron chi connectivity index (χ0n) is 17.8. The highest BCUT2D eigenvalue weighted by Gasteiger charge is 2.26. The van der Waals surface area contributed by atoms with Crippen molar-refractivity contribution in [3.63, 3.8) is 0 Å². The Hall–Kier alpha value is -1.76. The van der Waals surface area contributed by atoms with Gasteiger partial charge in [0.15, 0.2) is 0 Å². The fourth-order valence-corrected chi connectivity index (χ4v) is 3.99. The second-order valence-corrected chi connectivity index (χ2v) is 9.18. The number of hydrogen-bond donors (Lipinski definition) is 1. The molecule has 0 aliphatic heterocycles. The smallest absolute Gasteiger partial charge is 0.242 e. The average molecular weight is 485 g/mol. The van der Waals surface area contributed by atoms with Crippen molar-refractivity contribution in [1.82, 2.24) is 10.2 Å². The zero-order valence-corrected chi connectivity index (χ0v) is 20.2. The molecule has 0 heterocycles. The first kappa shape index (κ1) is 25.5. The van der Waals surface area contributed by atoms with Crippen molar-refractivity contribution in [2.45, 2.75) is 51.6 Å². The van der Waals surface area contributed by atoms with Crippen molar-refractivity contribution in [1.29, 1.82) is 0 Å². The quantitative estimate of drug-likeness (QED) is 0.470. The first-order valence-electron chi connectivity index (χ1n) is 10.1. The van der Waals surface area contributed by atoms with Crippen LogP contribution in [0.2, 0.25) is 10.0 Å². The lowest BCUT2D eigenvalue weighted by Crippen LogP contribution is -2.50. The van der Waals surface area contributed by atoms with Crippen LogP contribution in [0.15, 0.2) is 42.5 Å². The van der Waals surface area contributed by atoms with Gasteiger partial charge in [0.05, 0.1) is 15.8 Å². The van der Waals surface area contributed by atoms with E-state index in [1.54, 1.807) is 42.2 Å². The van der Waals surface area contributed by atoms with Crippen LogP contribution < -0.4 is 5.32 Å². The molecule has 0 fully saturated rings. The molecule has 2 aromatic rings. The summed E-state index contributed by atoms with van der Waals surface area (Å²) in [5, 5.41) is 3.76. The molecule has 4 nitrogen and oxygen atoms in total. The second kappa shape index (κ2) is 12.3. The van der Waals surface area contributed by atoms with Gasteiger partial charge < -0.3 is 10.2 Å². The van der Waals surface area contributed by atoms with E-state index in [2.05, 4.69) is 5.32 Å². The number of thioether (sulfide) groups is 1. The molecule has 0 saturated heterocycles. The van der Waals surface area contributed by atoms with Crippen LogP contribution in [-0.2, 0) is 21.9 Å². The number of benzene rings is 2. The number of hydrogen-bond acceptors (Lipinski definition) is 3. The maximum absolute atomic E-state index is 13.1. The molecule has 0 unspecified atom stereocenters. The van der Waals surface area contributed by atoms with Gasteiger partial charge in [0, 0.05) is 18.3 Å². The molecule has 31 heavy (non-hydrogen) atoms. The van der Waals surface area contributed by atoms with Gasteiger partial charge >= 0.3 is 0 Å². The van der Waals surface area contributed by atoms with Gasteiger partial charge in [0.2, 0.25) is 11.8 Å². The Balaban J connectivity index is 2.10. The predicted octanol–water partition coefficient (Wildman–Crippen LogP) is 5.70. The lowest BCUT2D eigenvalue weighted by atomic mass is 10.1. The first-order chi connectivity index (χ1) is 14.7. The molecule has 8 heteroatoms. The summed E-state index contributed by atoms with van der Waals surface area (Å²) in [5.74, 6) is 0.106. The Morgan fingerprint density at radius 1 is 1.06 bits per heavy atom.